The lowest BCUT2D eigenvalue weighted by Crippen LogP contribution is -2.53. The van der Waals surface area contributed by atoms with Gasteiger partial charge in [-0.2, -0.15) is 4.31 Å². The number of likely N-dealkylation sites (N-methyl/N-ethyl adjacent to an activating group) is 1. The Bertz CT molecular complexity index is 381. The van der Waals surface area contributed by atoms with Crippen molar-refractivity contribution in [2.75, 3.05) is 39.0 Å². The summed E-state index contributed by atoms with van der Waals surface area (Å²) in [7, 11) is -1.02. The van der Waals surface area contributed by atoms with E-state index in [1.165, 1.54) is 12.8 Å². The van der Waals surface area contributed by atoms with Gasteiger partial charge in [0, 0.05) is 31.7 Å². The predicted molar refractivity (Wildman–Crippen MR) is 77.7 cm³/mol. The first-order valence-electron chi connectivity index (χ1n) is 7.40. The highest BCUT2D eigenvalue weighted by atomic mass is 32.2. The van der Waals surface area contributed by atoms with Crippen LogP contribution in [0.5, 0.6) is 0 Å². The first-order valence-corrected chi connectivity index (χ1v) is 9.01. The average Bonchev–Trinajstić information content (AvgIpc) is 3.11. The standard InChI is InChI=1S/C13H27N3O2S/c1-12-11-15(2)8-9-16(12)19(17,18)10-4-3-7-14-13-5-6-13/h12-14H,3-11H2,1-2H3. The van der Waals surface area contributed by atoms with Crippen molar-refractivity contribution in [3.05, 3.63) is 0 Å². The molecule has 112 valence electrons. The van der Waals surface area contributed by atoms with Crippen LogP contribution >= 0.6 is 0 Å². The molecule has 2 fully saturated rings. The Hall–Kier alpha value is -0.170. The van der Waals surface area contributed by atoms with Gasteiger partial charge in [0.2, 0.25) is 10.0 Å². The molecule has 1 saturated carbocycles. The highest BCUT2D eigenvalue weighted by Gasteiger charge is 2.30. The molecule has 1 heterocycles. The van der Waals surface area contributed by atoms with Crippen LogP contribution in [0.3, 0.4) is 0 Å². The van der Waals surface area contributed by atoms with E-state index >= 15 is 0 Å². The SMILES string of the molecule is CC1CN(C)CCN1S(=O)(=O)CCCCNC1CC1. The molecule has 0 aromatic heterocycles. The second-order valence-corrected chi connectivity index (χ2v) is 8.01. The van der Waals surface area contributed by atoms with Gasteiger partial charge in [-0.05, 0) is 46.2 Å². The van der Waals surface area contributed by atoms with E-state index in [-0.39, 0.29) is 6.04 Å². The zero-order chi connectivity index (χ0) is 13.9. The van der Waals surface area contributed by atoms with E-state index in [0.717, 1.165) is 32.5 Å². The van der Waals surface area contributed by atoms with Crippen LogP contribution in [0.1, 0.15) is 32.6 Å². The Morgan fingerprint density at radius 1 is 1.21 bits per heavy atom. The number of unbranched alkanes of at least 4 members (excludes halogenated alkanes) is 1. The van der Waals surface area contributed by atoms with E-state index in [9.17, 15) is 8.42 Å². The Morgan fingerprint density at radius 3 is 2.58 bits per heavy atom. The second kappa shape index (κ2) is 6.52. The van der Waals surface area contributed by atoms with E-state index in [2.05, 4.69) is 10.2 Å². The lowest BCUT2D eigenvalue weighted by molar-refractivity contribution is 0.170. The first-order chi connectivity index (χ1) is 8.99. The van der Waals surface area contributed by atoms with Crippen LogP contribution in [-0.4, -0.2) is 68.7 Å². The summed E-state index contributed by atoms with van der Waals surface area (Å²) in [6, 6.07) is 0.822. The van der Waals surface area contributed by atoms with Crippen molar-refractivity contribution in [2.45, 2.75) is 44.7 Å². The summed E-state index contributed by atoms with van der Waals surface area (Å²) >= 11 is 0. The maximum Gasteiger partial charge on any atom is 0.214 e. The van der Waals surface area contributed by atoms with Crippen molar-refractivity contribution in [1.82, 2.24) is 14.5 Å². The van der Waals surface area contributed by atoms with Crippen molar-refractivity contribution in [1.29, 1.82) is 0 Å². The fourth-order valence-electron chi connectivity index (χ4n) is 2.66. The maximum atomic E-state index is 12.3. The molecular weight excluding hydrogens is 262 g/mol. The van der Waals surface area contributed by atoms with E-state index in [1.807, 2.05) is 14.0 Å². The molecule has 0 aromatic rings. The smallest absolute Gasteiger partial charge is 0.214 e. The number of rotatable bonds is 7. The van der Waals surface area contributed by atoms with Crippen LogP contribution in [0.15, 0.2) is 0 Å². The van der Waals surface area contributed by atoms with E-state index in [1.54, 1.807) is 4.31 Å². The summed E-state index contributed by atoms with van der Waals surface area (Å²) in [5.41, 5.74) is 0. The third-order valence-electron chi connectivity index (χ3n) is 3.97. The molecule has 1 atom stereocenters. The molecule has 2 aliphatic rings. The number of sulfonamides is 1. The average molecular weight is 289 g/mol. The Balaban J connectivity index is 1.70. The van der Waals surface area contributed by atoms with E-state index in [0.29, 0.717) is 18.3 Å². The molecule has 1 saturated heterocycles. The normalized spacial score (nSPS) is 26.7. The predicted octanol–water partition coefficient (Wildman–Crippen LogP) is 0.484. The minimum Gasteiger partial charge on any atom is -0.314 e. The molecule has 1 aliphatic carbocycles. The molecule has 5 nitrogen and oxygen atoms in total. The van der Waals surface area contributed by atoms with Gasteiger partial charge in [-0.15, -0.1) is 0 Å². The molecule has 0 bridgehead atoms. The van der Waals surface area contributed by atoms with Gasteiger partial charge in [0.25, 0.3) is 0 Å². The quantitative estimate of drug-likeness (QED) is 0.693. The summed E-state index contributed by atoms with van der Waals surface area (Å²) in [6.45, 7) is 5.27. The van der Waals surface area contributed by atoms with Gasteiger partial charge in [-0.3, -0.25) is 0 Å². The number of nitrogens with zero attached hydrogens (tertiary/aromatic N) is 2. The molecule has 0 radical (unpaired) electrons. The van der Waals surface area contributed by atoms with Gasteiger partial charge in [0.1, 0.15) is 0 Å². The highest BCUT2D eigenvalue weighted by Crippen LogP contribution is 2.18. The van der Waals surface area contributed by atoms with Crippen LogP contribution in [0, 0.1) is 0 Å². The summed E-state index contributed by atoms with van der Waals surface area (Å²) in [5.74, 6) is 0.299. The molecule has 0 amide bonds. The minimum atomic E-state index is -3.06. The van der Waals surface area contributed by atoms with Gasteiger partial charge < -0.3 is 10.2 Å². The summed E-state index contributed by atoms with van der Waals surface area (Å²) in [4.78, 5) is 2.19. The molecular formula is C13H27N3O2S. The minimum absolute atomic E-state index is 0.105. The molecule has 2 rings (SSSR count). The van der Waals surface area contributed by atoms with Gasteiger partial charge in [-0.1, -0.05) is 0 Å². The molecule has 6 heteroatoms. The zero-order valence-corrected chi connectivity index (χ0v) is 13.0. The van der Waals surface area contributed by atoms with Gasteiger partial charge in [0.15, 0.2) is 0 Å². The van der Waals surface area contributed by atoms with Crippen LogP contribution in [0.4, 0.5) is 0 Å². The Kier molecular flexibility index (Phi) is 5.22. The van der Waals surface area contributed by atoms with Crippen molar-refractivity contribution >= 4 is 10.0 Å². The summed E-state index contributed by atoms with van der Waals surface area (Å²) in [5, 5.41) is 3.42. The fourth-order valence-corrected chi connectivity index (χ4v) is 4.43. The van der Waals surface area contributed by atoms with Gasteiger partial charge >= 0.3 is 0 Å². The summed E-state index contributed by atoms with van der Waals surface area (Å²) < 4.78 is 26.3. The van der Waals surface area contributed by atoms with Crippen LogP contribution in [0.25, 0.3) is 0 Å². The van der Waals surface area contributed by atoms with Crippen molar-refractivity contribution in [2.24, 2.45) is 0 Å². The van der Waals surface area contributed by atoms with Crippen molar-refractivity contribution in [3.63, 3.8) is 0 Å². The number of piperazine rings is 1. The highest BCUT2D eigenvalue weighted by molar-refractivity contribution is 7.89. The Morgan fingerprint density at radius 2 is 1.95 bits per heavy atom. The molecule has 1 unspecified atom stereocenters. The number of nitrogens with one attached hydrogen (secondary N) is 1. The summed E-state index contributed by atoms with van der Waals surface area (Å²) in [6.07, 6.45) is 4.30. The number of hydrogen-bond acceptors (Lipinski definition) is 4. The largest absolute Gasteiger partial charge is 0.314 e. The maximum absolute atomic E-state index is 12.3. The van der Waals surface area contributed by atoms with E-state index < -0.39 is 10.0 Å². The van der Waals surface area contributed by atoms with Gasteiger partial charge in [-0.25, -0.2) is 8.42 Å². The molecule has 0 aromatic carbocycles. The number of hydrogen-bond donors (Lipinski definition) is 1. The molecule has 1 N–H and O–H groups in total. The van der Waals surface area contributed by atoms with Gasteiger partial charge in [0.05, 0.1) is 5.75 Å². The Labute approximate surface area is 117 Å². The third kappa shape index (κ3) is 4.70. The first kappa shape index (κ1) is 15.2. The van der Waals surface area contributed by atoms with Crippen LogP contribution < -0.4 is 5.32 Å². The molecule has 0 spiro atoms. The van der Waals surface area contributed by atoms with E-state index in [4.69, 9.17) is 0 Å². The second-order valence-electron chi connectivity index (χ2n) is 5.97. The lowest BCUT2D eigenvalue weighted by atomic mass is 10.2. The molecule has 19 heavy (non-hydrogen) atoms. The van der Waals surface area contributed by atoms with Crippen molar-refractivity contribution in [3.8, 4) is 0 Å². The third-order valence-corrected chi connectivity index (χ3v) is 6.03. The fraction of sp³-hybridized carbons (Fsp3) is 1.00. The zero-order valence-electron chi connectivity index (χ0n) is 12.1. The van der Waals surface area contributed by atoms with Crippen LogP contribution in [0.2, 0.25) is 0 Å². The topological polar surface area (TPSA) is 52.7 Å². The van der Waals surface area contributed by atoms with Crippen molar-refractivity contribution < 1.29 is 8.42 Å². The lowest BCUT2D eigenvalue weighted by Gasteiger charge is -2.37. The molecule has 1 aliphatic heterocycles. The monoisotopic (exact) mass is 289 g/mol. The van der Waals surface area contributed by atoms with Crippen LogP contribution in [-0.2, 0) is 10.0 Å².